The zero-order valence-electron chi connectivity index (χ0n) is 10.2. The number of ether oxygens (including phenoxy) is 1. The van der Waals surface area contributed by atoms with Gasteiger partial charge in [0.2, 0.25) is 0 Å². The Morgan fingerprint density at radius 3 is 2.83 bits per heavy atom. The maximum Gasteiger partial charge on any atom is 0.364 e. The van der Waals surface area contributed by atoms with Crippen molar-refractivity contribution in [3.63, 3.8) is 0 Å². The lowest BCUT2D eigenvalue weighted by molar-refractivity contribution is 0.0720. The molecule has 0 radical (unpaired) electrons. The minimum absolute atomic E-state index is 0.0266. The Morgan fingerprint density at radius 2 is 2.22 bits per heavy atom. The minimum Gasteiger partial charge on any atom is -0.420 e. The highest BCUT2D eigenvalue weighted by molar-refractivity contribution is 5.94. The predicted molar refractivity (Wildman–Crippen MR) is 66.2 cm³/mol. The van der Waals surface area contributed by atoms with Gasteiger partial charge in [-0.2, -0.15) is 5.10 Å². The van der Waals surface area contributed by atoms with E-state index < -0.39 is 5.97 Å². The third-order valence-electron chi connectivity index (χ3n) is 2.35. The number of rotatable bonds is 3. The fraction of sp³-hybridized carbons (Fsp3) is 0.250. The molecule has 0 spiro atoms. The number of carbonyl (C=O) groups excluding carboxylic acids is 1. The van der Waals surface area contributed by atoms with Crippen LogP contribution in [0.1, 0.15) is 30.4 Å². The molecule has 6 heteroatoms. The van der Waals surface area contributed by atoms with E-state index in [4.69, 9.17) is 10.5 Å². The van der Waals surface area contributed by atoms with E-state index in [1.807, 2.05) is 13.8 Å². The van der Waals surface area contributed by atoms with Gasteiger partial charge in [0.15, 0.2) is 5.69 Å². The van der Waals surface area contributed by atoms with Gasteiger partial charge in [-0.25, -0.2) is 4.79 Å². The third-order valence-corrected chi connectivity index (χ3v) is 2.35. The van der Waals surface area contributed by atoms with Crippen molar-refractivity contribution < 1.29 is 9.53 Å². The first kappa shape index (κ1) is 12.1. The number of nitrogen functional groups attached to an aromatic ring is 1. The second-order valence-electron chi connectivity index (χ2n) is 4.07. The van der Waals surface area contributed by atoms with Crippen LogP contribution in [-0.4, -0.2) is 20.7 Å². The van der Waals surface area contributed by atoms with E-state index in [9.17, 15) is 4.79 Å². The maximum atomic E-state index is 12.0. The largest absolute Gasteiger partial charge is 0.420 e. The molecule has 0 fully saturated rings. The second-order valence-corrected chi connectivity index (χ2v) is 4.07. The first-order chi connectivity index (χ1) is 8.59. The SMILES string of the molecule is CC(C)n1ncc(N)c1C(=O)Oc1cccnc1. The van der Waals surface area contributed by atoms with Crippen LogP contribution < -0.4 is 10.5 Å². The highest BCUT2D eigenvalue weighted by Gasteiger charge is 2.20. The molecule has 0 amide bonds. The van der Waals surface area contributed by atoms with Gasteiger partial charge < -0.3 is 10.5 Å². The van der Waals surface area contributed by atoms with E-state index >= 15 is 0 Å². The summed E-state index contributed by atoms with van der Waals surface area (Å²) in [4.78, 5) is 15.9. The van der Waals surface area contributed by atoms with Crippen molar-refractivity contribution in [2.45, 2.75) is 19.9 Å². The van der Waals surface area contributed by atoms with E-state index in [1.165, 1.54) is 17.1 Å². The molecule has 0 saturated heterocycles. The summed E-state index contributed by atoms with van der Waals surface area (Å²) >= 11 is 0. The van der Waals surface area contributed by atoms with Crippen LogP contribution in [0.3, 0.4) is 0 Å². The van der Waals surface area contributed by atoms with Gasteiger partial charge in [-0.1, -0.05) is 0 Å². The summed E-state index contributed by atoms with van der Waals surface area (Å²) in [5.41, 5.74) is 6.30. The topological polar surface area (TPSA) is 83.0 Å². The van der Waals surface area contributed by atoms with Crippen molar-refractivity contribution in [1.29, 1.82) is 0 Å². The lowest BCUT2D eigenvalue weighted by Crippen LogP contribution is -2.18. The molecule has 18 heavy (non-hydrogen) atoms. The van der Waals surface area contributed by atoms with Crippen molar-refractivity contribution in [2.24, 2.45) is 0 Å². The van der Waals surface area contributed by atoms with Crippen LogP contribution in [-0.2, 0) is 0 Å². The summed E-state index contributed by atoms with van der Waals surface area (Å²) in [5.74, 6) is -0.162. The van der Waals surface area contributed by atoms with Gasteiger partial charge in [-0.15, -0.1) is 0 Å². The number of carbonyl (C=O) groups is 1. The highest BCUT2D eigenvalue weighted by atomic mass is 16.5. The molecule has 0 aliphatic rings. The highest BCUT2D eigenvalue weighted by Crippen LogP contribution is 2.18. The van der Waals surface area contributed by atoms with Crippen molar-refractivity contribution in [2.75, 3.05) is 5.73 Å². The van der Waals surface area contributed by atoms with E-state index in [2.05, 4.69) is 10.1 Å². The van der Waals surface area contributed by atoms with Crippen molar-refractivity contribution in [3.8, 4) is 5.75 Å². The predicted octanol–water partition coefficient (Wildman–Crippen LogP) is 1.66. The molecule has 0 atom stereocenters. The molecular weight excluding hydrogens is 232 g/mol. The average Bonchev–Trinajstić information content (AvgIpc) is 2.72. The summed E-state index contributed by atoms with van der Waals surface area (Å²) in [6, 6.07) is 3.36. The zero-order chi connectivity index (χ0) is 13.1. The molecule has 0 bridgehead atoms. The van der Waals surface area contributed by atoms with Crippen LogP contribution in [0.25, 0.3) is 0 Å². The summed E-state index contributed by atoms with van der Waals surface area (Å²) < 4.78 is 6.72. The Hall–Kier alpha value is -2.37. The van der Waals surface area contributed by atoms with Gasteiger partial charge >= 0.3 is 5.97 Å². The molecule has 0 aliphatic heterocycles. The molecule has 2 rings (SSSR count). The number of esters is 1. The van der Waals surface area contributed by atoms with Gasteiger partial charge in [-0.3, -0.25) is 9.67 Å². The van der Waals surface area contributed by atoms with Crippen LogP contribution >= 0.6 is 0 Å². The van der Waals surface area contributed by atoms with E-state index in [0.717, 1.165) is 0 Å². The quantitative estimate of drug-likeness (QED) is 0.833. The fourth-order valence-corrected chi connectivity index (χ4v) is 1.54. The number of hydrogen-bond acceptors (Lipinski definition) is 5. The van der Waals surface area contributed by atoms with Gasteiger partial charge in [-0.05, 0) is 26.0 Å². The van der Waals surface area contributed by atoms with Gasteiger partial charge in [0, 0.05) is 12.2 Å². The normalized spacial score (nSPS) is 10.6. The Labute approximate surface area is 104 Å². The molecule has 6 nitrogen and oxygen atoms in total. The van der Waals surface area contributed by atoms with Crippen molar-refractivity contribution in [1.82, 2.24) is 14.8 Å². The molecule has 0 saturated carbocycles. The summed E-state index contributed by atoms with van der Waals surface area (Å²) in [6.45, 7) is 3.82. The molecule has 2 heterocycles. The molecule has 0 aliphatic carbocycles. The van der Waals surface area contributed by atoms with Gasteiger partial charge in [0.1, 0.15) is 5.75 Å². The van der Waals surface area contributed by atoms with Crippen molar-refractivity contribution in [3.05, 3.63) is 36.4 Å². The number of hydrogen-bond donors (Lipinski definition) is 1. The summed E-state index contributed by atoms with van der Waals surface area (Å²) in [7, 11) is 0. The Bertz CT molecular complexity index is 548. The van der Waals surface area contributed by atoms with Gasteiger partial charge in [0.05, 0.1) is 18.1 Å². The first-order valence-corrected chi connectivity index (χ1v) is 5.54. The number of nitrogens with zero attached hydrogens (tertiary/aromatic N) is 3. The van der Waals surface area contributed by atoms with Crippen LogP contribution in [0.4, 0.5) is 5.69 Å². The molecule has 0 unspecified atom stereocenters. The van der Waals surface area contributed by atoms with Crippen LogP contribution in [0.2, 0.25) is 0 Å². The first-order valence-electron chi connectivity index (χ1n) is 5.54. The monoisotopic (exact) mass is 246 g/mol. The van der Waals surface area contributed by atoms with E-state index in [1.54, 1.807) is 18.3 Å². The molecular formula is C12H14N4O2. The Kier molecular flexibility index (Phi) is 3.27. The molecule has 94 valence electrons. The summed E-state index contributed by atoms with van der Waals surface area (Å²) in [6.07, 6.45) is 4.51. The lowest BCUT2D eigenvalue weighted by atomic mass is 10.3. The second kappa shape index (κ2) is 4.87. The van der Waals surface area contributed by atoms with Crippen LogP contribution in [0.5, 0.6) is 5.75 Å². The lowest BCUT2D eigenvalue weighted by Gasteiger charge is -2.10. The Morgan fingerprint density at radius 1 is 1.44 bits per heavy atom. The standard InChI is InChI=1S/C12H14N4O2/c1-8(2)16-11(10(13)7-15-16)12(17)18-9-4-3-5-14-6-9/h3-8H,13H2,1-2H3. The van der Waals surface area contributed by atoms with E-state index in [-0.39, 0.29) is 11.7 Å². The fourth-order valence-electron chi connectivity index (χ4n) is 1.54. The number of anilines is 1. The van der Waals surface area contributed by atoms with Gasteiger partial charge in [0.25, 0.3) is 0 Å². The van der Waals surface area contributed by atoms with Crippen LogP contribution in [0, 0.1) is 0 Å². The minimum atomic E-state index is -0.535. The molecule has 2 aromatic heterocycles. The zero-order valence-corrected chi connectivity index (χ0v) is 10.2. The number of pyridine rings is 1. The third kappa shape index (κ3) is 2.32. The summed E-state index contributed by atoms with van der Waals surface area (Å²) in [5, 5.41) is 4.05. The Balaban J connectivity index is 2.27. The number of nitrogens with two attached hydrogens (primary N) is 1. The molecule has 2 N–H and O–H groups in total. The number of aromatic nitrogens is 3. The molecule has 2 aromatic rings. The van der Waals surface area contributed by atoms with Crippen molar-refractivity contribution >= 4 is 11.7 Å². The van der Waals surface area contributed by atoms with Crippen LogP contribution in [0.15, 0.2) is 30.7 Å². The molecule has 0 aromatic carbocycles. The van der Waals surface area contributed by atoms with E-state index in [0.29, 0.717) is 11.4 Å². The maximum absolute atomic E-state index is 12.0. The smallest absolute Gasteiger partial charge is 0.364 e. The average molecular weight is 246 g/mol.